The number of phenolic OH excluding ortho intramolecular Hbond substituents is 2. The Morgan fingerprint density at radius 1 is 0.978 bits per heavy atom. The number of hydrogen-bond acceptors (Lipinski definition) is 8. The molecule has 4 rings (SSSR count). The molecule has 46 heavy (non-hydrogen) atoms. The Kier molecular flexibility index (Phi) is 15.3. The van der Waals surface area contributed by atoms with Gasteiger partial charge in [-0.15, -0.1) is 0 Å². The quantitative estimate of drug-likeness (QED) is 0.142. The number of ether oxygens (including phenoxy) is 2. The van der Waals surface area contributed by atoms with Crippen LogP contribution in [0.4, 0.5) is 0 Å². The molecule has 3 aromatic rings. The van der Waals surface area contributed by atoms with Crippen molar-refractivity contribution in [3.05, 3.63) is 106 Å². The smallest absolute Gasteiger partial charge is 0.342 e. The van der Waals surface area contributed by atoms with E-state index in [0.717, 1.165) is 29.7 Å². The number of aliphatic carboxylic acids is 2. The molecule has 1 aliphatic rings. The van der Waals surface area contributed by atoms with Crippen LogP contribution in [0.25, 0.3) is 0 Å². The van der Waals surface area contributed by atoms with Gasteiger partial charge in [0.1, 0.15) is 22.7 Å². The number of carbonyl (C=O) groups is 3. The van der Waals surface area contributed by atoms with E-state index in [0.29, 0.717) is 23.8 Å². The number of carboxylic acid groups (broad SMARTS) is 2. The zero-order valence-corrected chi connectivity index (χ0v) is 27.2. The van der Waals surface area contributed by atoms with Gasteiger partial charge in [-0.05, 0) is 88.5 Å². The van der Waals surface area contributed by atoms with Gasteiger partial charge in [-0.1, -0.05) is 54.1 Å². The van der Waals surface area contributed by atoms with Crippen molar-refractivity contribution in [2.24, 2.45) is 0 Å². The Hall–Kier alpha value is -4.38. The van der Waals surface area contributed by atoms with Crippen molar-refractivity contribution in [1.82, 2.24) is 4.90 Å². The Morgan fingerprint density at radius 3 is 2.07 bits per heavy atom. The van der Waals surface area contributed by atoms with E-state index < -0.39 is 23.5 Å². The van der Waals surface area contributed by atoms with E-state index in [1.54, 1.807) is 13.8 Å². The van der Waals surface area contributed by atoms with E-state index in [1.165, 1.54) is 31.0 Å². The molecular formula is C35H42ClNO9. The Bertz CT molecular complexity index is 1420. The number of phenols is 2. The van der Waals surface area contributed by atoms with Gasteiger partial charge in [0.15, 0.2) is 0 Å². The molecule has 3 aromatic carbocycles. The average Bonchev–Trinajstić information content (AvgIpc) is 3.41. The monoisotopic (exact) mass is 655 g/mol. The highest BCUT2D eigenvalue weighted by molar-refractivity contribution is 6.30. The number of nitrogens with zero attached hydrogens (tertiary/aromatic N) is 1. The summed E-state index contributed by atoms with van der Waals surface area (Å²) in [5.41, 5.74) is 2.44. The maximum absolute atomic E-state index is 11.3. The van der Waals surface area contributed by atoms with Crippen LogP contribution in [0.15, 0.2) is 78.9 Å². The summed E-state index contributed by atoms with van der Waals surface area (Å²) in [6.07, 6.45) is 4.77. The van der Waals surface area contributed by atoms with E-state index in [-0.39, 0.29) is 23.7 Å². The van der Waals surface area contributed by atoms with Gasteiger partial charge in [-0.3, -0.25) is 0 Å². The lowest BCUT2D eigenvalue weighted by Crippen LogP contribution is -2.31. The SMILES string of the molecule is CCOC(=O)c1c(C)cc(O)cc1O.CN1CCCC1CCOC(C)(c1ccccc1)c1ccc(Cl)cc1.O=C(O)C=CC(=O)O. The first kappa shape index (κ1) is 37.8. The lowest BCUT2D eigenvalue weighted by molar-refractivity contribution is -0.134. The summed E-state index contributed by atoms with van der Waals surface area (Å²) < 4.78 is 11.2. The van der Waals surface area contributed by atoms with Crippen LogP contribution in [-0.2, 0) is 24.7 Å². The van der Waals surface area contributed by atoms with Crippen LogP contribution in [-0.4, -0.2) is 76.1 Å². The highest BCUT2D eigenvalue weighted by Gasteiger charge is 2.31. The first-order valence-corrected chi connectivity index (χ1v) is 15.2. The maximum atomic E-state index is 11.3. The zero-order chi connectivity index (χ0) is 34.3. The van der Waals surface area contributed by atoms with Crippen LogP contribution in [0.3, 0.4) is 0 Å². The average molecular weight is 656 g/mol. The third-order valence-corrected chi connectivity index (χ3v) is 7.63. The molecule has 0 amide bonds. The van der Waals surface area contributed by atoms with Crippen molar-refractivity contribution >= 4 is 29.5 Å². The molecule has 1 aliphatic heterocycles. The van der Waals surface area contributed by atoms with E-state index in [1.807, 2.05) is 18.2 Å². The van der Waals surface area contributed by atoms with Gasteiger partial charge in [0.05, 0.1) is 6.61 Å². The summed E-state index contributed by atoms with van der Waals surface area (Å²) in [4.78, 5) is 32.9. The molecule has 1 heterocycles. The molecule has 2 atom stereocenters. The topological polar surface area (TPSA) is 154 Å². The number of benzene rings is 3. The van der Waals surface area contributed by atoms with Crippen molar-refractivity contribution in [3.63, 3.8) is 0 Å². The van der Waals surface area contributed by atoms with Crippen LogP contribution >= 0.6 is 11.6 Å². The van der Waals surface area contributed by atoms with Crippen molar-refractivity contribution in [1.29, 1.82) is 0 Å². The summed E-state index contributed by atoms with van der Waals surface area (Å²) in [6, 6.07) is 21.6. The molecule has 1 fully saturated rings. The molecule has 2 unspecified atom stereocenters. The van der Waals surface area contributed by atoms with Gasteiger partial charge in [0.2, 0.25) is 0 Å². The summed E-state index contributed by atoms with van der Waals surface area (Å²) in [5, 5.41) is 34.9. The van der Waals surface area contributed by atoms with Gasteiger partial charge in [-0.2, -0.15) is 0 Å². The second-order valence-corrected chi connectivity index (χ2v) is 11.1. The van der Waals surface area contributed by atoms with E-state index >= 15 is 0 Å². The van der Waals surface area contributed by atoms with Crippen LogP contribution in [0.1, 0.15) is 60.2 Å². The molecule has 248 valence electrons. The maximum Gasteiger partial charge on any atom is 0.342 e. The first-order valence-electron chi connectivity index (χ1n) is 14.8. The lowest BCUT2D eigenvalue weighted by atomic mass is 9.88. The Balaban J connectivity index is 0.000000283. The molecule has 1 saturated heterocycles. The number of hydrogen-bond donors (Lipinski definition) is 4. The minimum absolute atomic E-state index is 0.0759. The van der Waals surface area contributed by atoms with Crippen LogP contribution in [0.2, 0.25) is 5.02 Å². The highest BCUT2D eigenvalue weighted by Crippen LogP contribution is 2.34. The first-order chi connectivity index (χ1) is 21.8. The third-order valence-electron chi connectivity index (χ3n) is 7.38. The van der Waals surface area contributed by atoms with Gasteiger partial charge >= 0.3 is 17.9 Å². The minimum Gasteiger partial charge on any atom is -0.508 e. The Labute approximate surface area is 274 Å². The van der Waals surface area contributed by atoms with Crippen LogP contribution < -0.4 is 0 Å². The van der Waals surface area contributed by atoms with Crippen LogP contribution in [0, 0.1) is 6.92 Å². The fraction of sp³-hybridized carbons (Fsp3) is 0.343. The molecule has 0 aliphatic carbocycles. The lowest BCUT2D eigenvalue weighted by Gasteiger charge is -2.32. The zero-order valence-electron chi connectivity index (χ0n) is 26.5. The second-order valence-electron chi connectivity index (χ2n) is 10.7. The minimum atomic E-state index is -1.26. The van der Waals surface area contributed by atoms with Gasteiger partial charge < -0.3 is 34.8 Å². The van der Waals surface area contributed by atoms with Crippen molar-refractivity contribution in [2.75, 3.05) is 26.8 Å². The summed E-state index contributed by atoms with van der Waals surface area (Å²) >= 11 is 6.07. The van der Waals surface area contributed by atoms with Crippen molar-refractivity contribution in [3.8, 4) is 11.5 Å². The fourth-order valence-corrected chi connectivity index (χ4v) is 5.09. The number of rotatable bonds is 10. The second kappa shape index (κ2) is 18.6. The highest BCUT2D eigenvalue weighted by atomic mass is 35.5. The van der Waals surface area contributed by atoms with Crippen LogP contribution in [0.5, 0.6) is 11.5 Å². The molecular weight excluding hydrogens is 614 g/mol. The normalized spacial score (nSPS) is 15.5. The molecule has 0 spiro atoms. The fourth-order valence-electron chi connectivity index (χ4n) is 4.96. The predicted molar refractivity (Wildman–Crippen MR) is 175 cm³/mol. The molecule has 4 N–H and O–H groups in total. The number of halogens is 1. The predicted octanol–water partition coefficient (Wildman–Crippen LogP) is 6.40. The van der Waals surface area contributed by atoms with Crippen molar-refractivity contribution < 1.29 is 44.3 Å². The standard InChI is InChI=1S/C21H26ClNO.C10H12O4.C4H4O4/c1-21(17-7-4-3-5-8-17,18-10-12-19(22)13-11-18)24-16-14-20-9-6-15-23(20)2;1-3-14-10(13)9-6(2)4-7(11)5-8(9)12;5-3(6)1-2-4(7)8/h3-5,7-8,10-13,20H,6,9,14-16H2,1-2H3;4-5,11-12H,3H2,1-2H3;1-2H,(H,5,6)(H,7,8). The number of aromatic hydroxyl groups is 2. The van der Waals surface area contributed by atoms with Gasteiger partial charge in [0, 0.05) is 35.9 Å². The number of carboxylic acids is 2. The Morgan fingerprint density at radius 2 is 1.57 bits per heavy atom. The number of likely N-dealkylation sites (tertiary alicyclic amines) is 1. The molecule has 0 saturated carbocycles. The van der Waals surface area contributed by atoms with E-state index in [9.17, 15) is 19.5 Å². The van der Waals surface area contributed by atoms with E-state index in [4.69, 9.17) is 36.4 Å². The number of esters is 1. The number of carbonyl (C=O) groups excluding carboxylic acids is 1. The third kappa shape index (κ3) is 11.8. The number of aryl methyl sites for hydroxylation is 1. The van der Waals surface area contributed by atoms with E-state index in [2.05, 4.69) is 55.3 Å². The molecule has 10 nitrogen and oxygen atoms in total. The molecule has 0 radical (unpaired) electrons. The molecule has 11 heteroatoms. The largest absolute Gasteiger partial charge is 0.508 e. The van der Waals surface area contributed by atoms with Crippen molar-refractivity contribution in [2.45, 2.75) is 51.7 Å². The summed E-state index contributed by atoms with van der Waals surface area (Å²) in [5.74, 6) is -3.43. The molecule has 0 bridgehead atoms. The van der Waals surface area contributed by atoms with Gasteiger partial charge in [-0.25, -0.2) is 14.4 Å². The summed E-state index contributed by atoms with van der Waals surface area (Å²) in [7, 11) is 2.22. The molecule has 0 aromatic heterocycles. The van der Waals surface area contributed by atoms with Gasteiger partial charge in [0.25, 0.3) is 0 Å². The summed E-state index contributed by atoms with van der Waals surface area (Å²) in [6.45, 7) is 7.67.